The van der Waals surface area contributed by atoms with Gasteiger partial charge in [-0.05, 0) is 31.2 Å². The number of hydrogen-bond acceptors (Lipinski definition) is 5. The maximum atomic E-state index is 12.9. The summed E-state index contributed by atoms with van der Waals surface area (Å²) in [5.74, 6) is -1.80. The van der Waals surface area contributed by atoms with E-state index in [0.29, 0.717) is 19.8 Å². The zero-order valence-electron chi connectivity index (χ0n) is 14.6. The van der Waals surface area contributed by atoms with E-state index in [1.54, 1.807) is 6.92 Å². The molecule has 2 atom stereocenters. The first kappa shape index (κ1) is 19.8. The van der Waals surface area contributed by atoms with Gasteiger partial charge in [0.15, 0.2) is 9.84 Å². The van der Waals surface area contributed by atoms with Crippen LogP contribution in [0.4, 0.5) is 4.39 Å². The van der Waals surface area contributed by atoms with Crippen molar-refractivity contribution in [2.45, 2.75) is 24.8 Å². The maximum absolute atomic E-state index is 12.9. The minimum absolute atomic E-state index is 0.0231. The third kappa shape index (κ3) is 6.05. The zero-order valence-corrected chi connectivity index (χ0v) is 15.4. The van der Waals surface area contributed by atoms with Crippen LogP contribution in [0.15, 0.2) is 29.2 Å². The number of hydrogen-bond donors (Lipinski definition) is 1. The second kappa shape index (κ2) is 8.73. The molecule has 0 spiro atoms. The second-order valence-electron chi connectivity index (χ2n) is 6.46. The molecule has 1 heterocycles. The van der Waals surface area contributed by atoms with E-state index in [0.717, 1.165) is 25.2 Å². The molecule has 0 aliphatic carbocycles. The minimum Gasteiger partial charge on any atom is -0.379 e. The van der Waals surface area contributed by atoms with Gasteiger partial charge in [0.1, 0.15) is 5.82 Å². The van der Waals surface area contributed by atoms with Crippen LogP contribution in [0.5, 0.6) is 0 Å². The van der Waals surface area contributed by atoms with Crippen LogP contribution in [0.3, 0.4) is 0 Å². The summed E-state index contributed by atoms with van der Waals surface area (Å²) < 4.78 is 42.9. The van der Waals surface area contributed by atoms with Gasteiger partial charge in [-0.3, -0.25) is 9.69 Å². The average molecular weight is 372 g/mol. The van der Waals surface area contributed by atoms with Crippen LogP contribution in [0.2, 0.25) is 0 Å². The smallest absolute Gasteiger partial charge is 0.224 e. The van der Waals surface area contributed by atoms with Crippen molar-refractivity contribution in [2.24, 2.45) is 5.92 Å². The van der Waals surface area contributed by atoms with Gasteiger partial charge < -0.3 is 10.1 Å². The van der Waals surface area contributed by atoms with Crippen LogP contribution in [-0.2, 0) is 19.4 Å². The SMILES string of the molecule is C[C@H](CS(=O)(=O)c1ccc(F)cc1)C(=O)N[C@@H](C)CN1CCOCC1. The molecule has 1 fully saturated rings. The molecule has 0 aromatic heterocycles. The Hall–Kier alpha value is -1.51. The average Bonchev–Trinajstić information content (AvgIpc) is 2.55. The Balaban J connectivity index is 1.87. The van der Waals surface area contributed by atoms with Gasteiger partial charge in [-0.25, -0.2) is 12.8 Å². The van der Waals surface area contributed by atoms with Crippen molar-refractivity contribution in [2.75, 3.05) is 38.6 Å². The number of nitrogens with one attached hydrogen (secondary N) is 1. The van der Waals surface area contributed by atoms with E-state index in [-0.39, 0.29) is 22.6 Å². The van der Waals surface area contributed by atoms with Crippen molar-refractivity contribution in [3.05, 3.63) is 30.1 Å². The molecular formula is C17H25FN2O4S. The van der Waals surface area contributed by atoms with Crippen molar-refractivity contribution in [1.82, 2.24) is 10.2 Å². The molecular weight excluding hydrogens is 347 g/mol. The number of amides is 1. The van der Waals surface area contributed by atoms with E-state index < -0.39 is 21.6 Å². The summed E-state index contributed by atoms with van der Waals surface area (Å²) in [6.07, 6.45) is 0. The molecule has 0 bridgehead atoms. The molecule has 0 unspecified atom stereocenters. The van der Waals surface area contributed by atoms with E-state index in [4.69, 9.17) is 4.74 Å². The lowest BCUT2D eigenvalue weighted by Gasteiger charge is -2.29. The van der Waals surface area contributed by atoms with Crippen LogP contribution in [0.25, 0.3) is 0 Å². The Morgan fingerprint density at radius 3 is 2.44 bits per heavy atom. The number of sulfone groups is 1. The molecule has 1 N–H and O–H groups in total. The lowest BCUT2D eigenvalue weighted by atomic mass is 10.2. The van der Waals surface area contributed by atoms with E-state index in [1.165, 1.54) is 12.1 Å². The van der Waals surface area contributed by atoms with Gasteiger partial charge in [-0.1, -0.05) is 6.92 Å². The molecule has 1 amide bonds. The molecule has 140 valence electrons. The van der Waals surface area contributed by atoms with Crippen molar-refractivity contribution >= 4 is 15.7 Å². The number of benzene rings is 1. The van der Waals surface area contributed by atoms with Gasteiger partial charge in [0.25, 0.3) is 0 Å². The molecule has 1 aromatic carbocycles. The summed E-state index contributed by atoms with van der Waals surface area (Å²) in [5.41, 5.74) is 0. The van der Waals surface area contributed by atoms with E-state index >= 15 is 0 Å². The van der Waals surface area contributed by atoms with Crippen LogP contribution in [-0.4, -0.2) is 63.9 Å². The Labute approximate surface area is 148 Å². The largest absolute Gasteiger partial charge is 0.379 e. The van der Waals surface area contributed by atoms with Gasteiger partial charge in [0.05, 0.1) is 23.9 Å². The fraction of sp³-hybridized carbons (Fsp3) is 0.588. The number of carbonyl (C=O) groups is 1. The van der Waals surface area contributed by atoms with Crippen LogP contribution < -0.4 is 5.32 Å². The molecule has 1 aliphatic heterocycles. The Morgan fingerprint density at radius 2 is 1.84 bits per heavy atom. The Morgan fingerprint density at radius 1 is 1.24 bits per heavy atom. The van der Waals surface area contributed by atoms with E-state index in [2.05, 4.69) is 10.2 Å². The Kier molecular flexibility index (Phi) is 6.92. The summed E-state index contributed by atoms with van der Waals surface area (Å²) in [5, 5.41) is 2.86. The van der Waals surface area contributed by atoms with Gasteiger partial charge in [0, 0.05) is 31.6 Å². The number of nitrogens with zero attached hydrogens (tertiary/aromatic N) is 1. The standard InChI is InChI=1S/C17H25FN2O4S/c1-13(12-25(22,23)16-5-3-15(18)4-6-16)17(21)19-14(2)11-20-7-9-24-10-8-20/h3-6,13-14H,7-12H2,1-2H3,(H,19,21)/t13-,14+/m1/s1. The lowest BCUT2D eigenvalue weighted by molar-refractivity contribution is -0.124. The third-order valence-corrected chi connectivity index (χ3v) is 6.04. The summed E-state index contributed by atoms with van der Waals surface area (Å²) in [7, 11) is -3.64. The molecule has 1 saturated heterocycles. The molecule has 25 heavy (non-hydrogen) atoms. The number of carbonyl (C=O) groups excluding carboxylic acids is 1. The second-order valence-corrected chi connectivity index (χ2v) is 8.49. The van der Waals surface area contributed by atoms with Crippen molar-refractivity contribution in [3.8, 4) is 0 Å². The van der Waals surface area contributed by atoms with Crippen molar-refractivity contribution in [3.63, 3.8) is 0 Å². The van der Waals surface area contributed by atoms with Gasteiger partial charge >= 0.3 is 0 Å². The lowest BCUT2D eigenvalue weighted by Crippen LogP contribution is -2.47. The van der Waals surface area contributed by atoms with Crippen LogP contribution >= 0.6 is 0 Å². The summed E-state index contributed by atoms with van der Waals surface area (Å²) in [4.78, 5) is 14.5. The number of morpholine rings is 1. The highest BCUT2D eigenvalue weighted by molar-refractivity contribution is 7.91. The molecule has 0 saturated carbocycles. The molecule has 2 rings (SSSR count). The van der Waals surface area contributed by atoms with Crippen LogP contribution in [0, 0.1) is 11.7 Å². The molecule has 1 aromatic rings. The first-order valence-corrected chi connectivity index (χ1v) is 10.0. The molecule has 0 radical (unpaired) electrons. The predicted octanol–water partition coefficient (Wildman–Crippen LogP) is 1.07. The van der Waals surface area contributed by atoms with Gasteiger partial charge in [-0.2, -0.15) is 0 Å². The molecule has 6 nitrogen and oxygen atoms in total. The molecule has 8 heteroatoms. The van der Waals surface area contributed by atoms with Crippen molar-refractivity contribution in [1.29, 1.82) is 0 Å². The quantitative estimate of drug-likeness (QED) is 0.725. The fourth-order valence-electron chi connectivity index (χ4n) is 2.74. The fourth-order valence-corrected chi connectivity index (χ4v) is 4.30. The van der Waals surface area contributed by atoms with Gasteiger partial charge in [-0.15, -0.1) is 0 Å². The first-order valence-electron chi connectivity index (χ1n) is 8.37. The highest BCUT2D eigenvalue weighted by atomic mass is 32.2. The van der Waals surface area contributed by atoms with E-state index in [9.17, 15) is 17.6 Å². The summed E-state index contributed by atoms with van der Waals surface area (Å²) in [6, 6.07) is 4.55. The van der Waals surface area contributed by atoms with E-state index in [1.807, 2.05) is 6.92 Å². The highest BCUT2D eigenvalue weighted by Gasteiger charge is 2.24. The first-order chi connectivity index (χ1) is 11.8. The zero-order chi connectivity index (χ0) is 18.4. The normalized spacial score (nSPS) is 18.5. The van der Waals surface area contributed by atoms with Crippen LogP contribution in [0.1, 0.15) is 13.8 Å². The number of ether oxygens (including phenoxy) is 1. The maximum Gasteiger partial charge on any atom is 0.224 e. The predicted molar refractivity (Wildman–Crippen MR) is 92.5 cm³/mol. The van der Waals surface area contributed by atoms with Gasteiger partial charge in [0.2, 0.25) is 5.91 Å². The highest BCUT2D eigenvalue weighted by Crippen LogP contribution is 2.15. The van der Waals surface area contributed by atoms with Crippen molar-refractivity contribution < 1.29 is 22.3 Å². The Bertz CT molecular complexity index is 672. The number of rotatable bonds is 7. The summed E-state index contributed by atoms with van der Waals surface area (Å²) in [6.45, 7) is 7.21. The third-order valence-electron chi connectivity index (χ3n) is 4.11. The number of halogens is 1. The minimum atomic E-state index is -3.64. The summed E-state index contributed by atoms with van der Waals surface area (Å²) >= 11 is 0. The monoisotopic (exact) mass is 372 g/mol. The topological polar surface area (TPSA) is 75.7 Å². The molecule has 1 aliphatic rings.